The highest BCUT2D eigenvalue weighted by Gasteiger charge is 2.00. The van der Waals surface area contributed by atoms with E-state index in [1.807, 2.05) is 43.3 Å². The summed E-state index contributed by atoms with van der Waals surface area (Å²) in [5.41, 5.74) is 9.94. The molecule has 1 nitrogen and oxygen atoms in total. The van der Waals surface area contributed by atoms with Crippen LogP contribution in [0.15, 0.2) is 42.5 Å². The maximum atomic E-state index is 5.94. The Bertz CT molecular complexity index is 492. The molecule has 0 atom stereocenters. The number of halogens is 1. The van der Waals surface area contributed by atoms with E-state index in [4.69, 9.17) is 17.3 Å². The Labute approximate surface area is 94.5 Å². The van der Waals surface area contributed by atoms with Crippen molar-refractivity contribution in [2.24, 2.45) is 0 Å². The Morgan fingerprint density at radius 3 is 2.40 bits per heavy atom. The fourth-order valence-corrected chi connectivity index (χ4v) is 1.71. The van der Waals surface area contributed by atoms with Gasteiger partial charge in [0.25, 0.3) is 0 Å². The van der Waals surface area contributed by atoms with E-state index in [1.54, 1.807) is 0 Å². The highest BCUT2D eigenvalue weighted by Crippen LogP contribution is 2.25. The lowest BCUT2D eigenvalue weighted by Crippen LogP contribution is -1.89. The number of hydrogen-bond acceptors (Lipinski definition) is 1. The van der Waals surface area contributed by atoms with Crippen molar-refractivity contribution in [3.05, 3.63) is 53.1 Å². The first-order valence-corrected chi connectivity index (χ1v) is 5.17. The third kappa shape index (κ3) is 2.13. The van der Waals surface area contributed by atoms with E-state index < -0.39 is 0 Å². The smallest absolute Gasteiger partial charge is 0.0412 e. The topological polar surface area (TPSA) is 26.0 Å². The largest absolute Gasteiger partial charge is 0.399 e. The van der Waals surface area contributed by atoms with E-state index in [1.165, 1.54) is 0 Å². The van der Waals surface area contributed by atoms with Gasteiger partial charge in [-0.25, -0.2) is 0 Å². The Kier molecular flexibility index (Phi) is 2.65. The molecule has 0 aromatic heterocycles. The van der Waals surface area contributed by atoms with Crippen molar-refractivity contribution in [3.8, 4) is 11.1 Å². The summed E-state index contributed by atoms with van der Waals surface area (Å²) in [6.07, 6.45) is 0. The molecule has 2 rings (SSSR count). The van der Waals surface area contributed by atoms with Crippen LogP contribution in [0.2, 0.25) is 5.02 Å². The summed E-state index contributed by atoms with van der Waals surface area (Å²) < 4.78 is 0. The average Bonchev–Trinajstić information content (AvgIpc) is 2.22. The molecule has 2 heteroatoms. The predicted molar refractivity (Wildman–Crippen MR) is 66.0 cm³/mol. The van der Waals surface area contributed by atoms with Gasteiger partial charge in [0, 0.05) is 10.7 Å². The number of benzene rings is 2. The first kappa shape index (κ1) is 10.1. The third-order valence-electron chi connectivity index (χ3n) is 2.43. The van der Waals surface area contributed by atoms with Crippen LogP contribution in [0, 0.1) is 6.92 Å². The Hall–Kier alpha value is -1.47. The lowest BCUT2D eigenvalue weighted by Gasteiger charge is -2.05. The average molecular weight is 218 g/mol. The lowest BCUT2D eigenvalue weighted by molar-refractivity contribution is 1.46. The van der Waals surface area contributed by atoms with Crippen molar-refractivity contribution in [2.75, 3.05) is 5.73 Å². The fourth-order valence-electron chi connectivity index (χ4n) is 1.52. The number of aryl methyl sites for hydroxylation is 1. The first-order chi connectivity index (χ1) is 7.16. The molecule has 76 valence electrons. The fraction of sp³-hybridized carbons (Fsp3) is 0.0769. The zero-order valence-corrected chi connectivity index (χ0v) is 9.25. The molecule has 2 aromatic rings. The van der Waals surface area contributed by atoms with Gasteiger partial charge in [0.05, 0.1) is 0 Å². The van der Waals surface area contributed by atoms with Gasteiger partial charge in [0.15, 0.2) is 0 Å². The summed E-state index contributed by atoms with van der Waals surface area (Å²) in [6.45, 7) is 2.00. The van der Waals surface area contributed by atoms with Crippen LogP contribution in [0.3, 0.4) is 0 Å². The monoisotopic (exact) mass is 217 g/mol. The molecule has 2 aromatic carbocycles. The highest BCUT2D eigenvalue weighted by molar-refractivity contribution is 6.30. The quantitative estimate of drug-likeness (QED) is 0.721. The van der Waals surface area contributed by atoms with Crippen LogP contribution in [0.4, 0.5) is 5.69 Å². The van der Waals surface area contributed by atoms with Crippen LogP contribution >= 0.6 is 11.6 Å². The molecular weight excluding hydrogens is 206 g/mol. The summed E-state index contributed by atoms with van der Waals surface area (Å²) in [5.74, 6) is 0. The molecule has 0 aliphatic carbocycles. The molecule has 0 amide bonds. The molecule has 0 aliphatic heterocycles. The second kappa shape index (κ2) is 3.95. The van der Waals surface area contributed by atoms with Crippen molar-refractivity contribution >= 4 is 17.3 Å². The van der Waals surface area contributed by atoms with E-state index in [9.17, 15) is 0 Å². The normalized spacial score (nSPS) is 10.3. The van der Waals surface area contributed by atoms with Gasteiger partial charge in [-0.2, -0.15) is 0 Å². The summed E-state index contributed by atoms with van der Waals surface area (Å²) >= 11 is 5.94. The van der Waals surface area contributed by atoms with Crippen molar-refractivity contribution in [1.82, 2.24) is 0 Å². The van der Waals surface area contributed by atoms with Crippen molar-refractivity contribution in [1.29, 1.82) is 0 Å². The zero-order valence-electron chi connectivity index (χ0n) is 8.50. The summed E-state index contributed by atoms with van der Waals surface area (Å²) in [7, 11) is 0. The molecule has 0 bridgehead atoms. The van der Waals surface area contributed by atoms with Crippen LogP contribution in [-0.2, 0) is 0 Å². The van der Waals surface area contributed by atoms with Crippen LogP contribution < -0.4 is 5.73 Å². The molecule has 0 saturated heterocycles. The van der Waals surface area contributed by atoms with Crippen molar-refractivity contribution < 1.29 is 0 Å². The molecule has 2 N–H and O–H groups in total. The minimum atomic E-state index is 0.752. The second-order valence-corrected chi connectivity index (χ2v) is 4.02. The number of nitrogens with two attached hydrogens (primary N) is 1. The van der Waals surface area contributed by atoms with Gasteiger partial charge >= 0.3 is 0 Å². The third-order valence-corrected chi connectivity index (χ3v) is 2.66. The van der Waals surface area contributed by atoms with Gasteiger partial charge < -0.3 is 5.73 Å². The van der Waals surface area contributed by atoms with Gasteiger partial charge in [0.1, 0.15) is 0 Å². The molecule has 0 radical (unpaired) electrons. The van der Waals surface area contributed by atoms with Gasteiger partial charge in [-0.1, -0.05) is 29.8 Å². The number of hydrogen-bond donors (Lipinski definition) is 1. The standard InChI is InChI=1S/C13H12ClN/c1-9-7-11(5-6-13(9)15)10-3-2-4-12(14)8-10/h2-8H,15H2,1H3. The molecule has 0 heterocycles. The SMILES string of the molecule is Cc1cc(-c2cccc(Cl)c2)ccc1N. The Balaban J connectivity index is 2.50. The number of rotatable bonds is 1. The summed E-state index contributed by atoms with van der Waals surface area (Å²) in [4.78, 5) is 0. The Morgan fingerprint density at radius 1 is 1.00 bits per heavy atom. The second-order valence-electron chi connectivity index (χ2n) is 3.58. The summed E-state index contributed by atoms with van der Waals surface area (Å²) in [6, 6.07) is 13.8. The molecule has 0 saturated carbocycles. The summed E-state index contributed by atoms with van der Waals surface area (Å²) in [5, 5.41) is 0.752. The van der Waals surface area contributed by atoms with E-state index in [2.05, 4.69) is 6.07 Å². The Morgan fingerprint density at radius 2 is 1.73 bits per heavy atom. The maximum absolute atomic E-state index is 5.94. The minimum Gasteiger partial charge on any atom is -0.399 e. The van der Waals surface area contributed by atoms with Gasteiger partial charge in [0.2, 0.25) is 0 Å². The van der Waals surface area contributed by atoms with E-state index in [-0.39, 0.29) is 0 Å². The molecule has 0 aliphatic rings. The predicted octanol–water partition coefficient (Wildman–Crippen LogP) is 3.90. The van der Waals surface area contributed by atoms with Crippen molar-refractivity contribution in [3.63, 3.8) is 0 Å². The number of nitrogen functional groups attached to an aromatic ring is 1. The first-order valence-electron chi connectivity index (χ1n) is 4.79. The lowest BCUT2D eigenvalue weighted by atomic mass is 10.0. The van der Waals surface area contributed by atoms with Crippen molar-refractivity contribution in [2.45, 2.75) is 6.92 Å². The van der Waals surface area contributed by atoms with Gasteiger partial charge in [-0.05, 0) is 47.9 Å². The molecular formula is C13H12ClN. The minimum absolute atomic E-state index is 0.752. The van der Waals surface area contributed by atoms with Gasteiger partial charge in [-0.15, -0.1) is 0 Å². The molecule has 0 unspecified atom stereocenters. The zero-order chi connectivity index (χ0) is 10.8. The highest BCUT2D eigenvalue weighted by atomic mass is 35.5. The van der Waals surface area contributed by atoms with Crippen LogP contribution in [-0.4, -0.2) is 0 Å². The van der Waals surface area contributed by atoms with E-state index >= 15 is 0 Å². The molecule has 0 spiro atoms. The molecule has 15 heavy (non-hydrogen) atoms. The molecule has 0 fully saturated rings. The van der Waals surface area contributed by atoms with Crippen LogP contribution in [0.5, 0.6) is 0 Å². The maximum Gasteiger partial charge on any atom is 0.0412 e. The number of anilines is 1. The van der Waals surface area contributed by atoms with Crippen LogP contribution in [0.1, 0.15) is 5.56 Å². The van der Waals surface area contributed by atoms with E-state index in [0.29, 0.717) is 0 Å². The van der Waals surface area contributed by atoms with E-state index in [0.717, 1.165) is 27.4 Å². The van der Waals surface area contributed by atoms with Gasteiger partial charge in [-0.3, -0.25) is 0 Å². The van der Waals surface area contributed by atoms with Crippen LogP contribution in [0.25, 0.3) is 11.1 Å².